The predicted molar refractivity (Wildman–Crippen MR) is 72.9 cm³/mol. The van der Waals surface area contributed by atoms with Gasteiger partial charge < -0.3 is 10.8 Å². The normalized spacial score (nSPS) is 11.0. The van der Waals surface area contributed by atoms with Crippen LogP contribution in [0.5, 0.6) is 5.75 Å². The van der Waals surface area contributed by atoms with E-state index in [4.69, 9.17) is 17.3 Å². The maximum Gasteiger partial charge on any atom is 0.140 e. The molecule has 0 saturated heterocycles. The van der Waals surface area contributed by atoms with Crippen molar-refractivity contribution in [1.82, 2.24) is 0 Å². The zero-order valence-corrected chi connectivity index (χ0v) is 10.5. The van der Waals surface area contributed by atoms with E-state index >= 15 is 0 Å². The monoisotopic (exact) mass is 261 g/mol. The van der Waals surface area contributed by atoms with Crippen LogP contribution < -0.4 is 5.73 Å². The van der Waals surface area contributed by atoms with Gasteiger partial charge in [0, 0.05) is 11.1 Å². The lowest BCUT2D eigenvalue weighted by Gasteiger charge is -2.00. The molecule has 0 bridgehead atoms. The second-order valence-corrected chi connectivity index (χ2v) is 4.28. The second-order valence-electron chi connectivity index (χ2n) is 3.88. The van der Waals surface area contributed by atoms with Crippen LogP contribution >= 0.6 is 11.6 Å². The number of aromatic hydroxyl groups is 1. The molecule has 5 heteroatoms. The molecule has 3 N–H and O–H groups in total. The van der Waals surface area contributed by atoms with Crippen molar-refractivity contribution in [2.45, 2.75) is 6.92 Å². The highest BCUT2D eigenvalue weighted by atomic mass is 35.5. The average molecular weight is 262 g/mol. The summed E-state index contributed by atoms with van der Waals surface area (Å²) in [5, 5.41) is 18.2. The van der Waals surface area contributed by atoms with Crippen molar-refractivity contribution in [3.63, 3.8) is 0 Å². The number of nitrogen functional groups attached to an aromatic ring is 1. The third kappa shape index (κ3) is 2.78. The lowest BCUT2D eigenvalue weighted by molar-refractivity contribution is 0.478. The molecule has 4 nitrogen and oxygen atoms in total. The molecule has 18 heavy (non-hydrogen) atoms. The van der Waals surface area contributed by atoms with E-state index in [1.807, 2.05) is 13.0 Å². The van der Waals surface area contributed by atoms with Crippen LogP contribution in [0.2, 0.25) is 5.02 Å². The third-order valence-corrected chi connectivity index (χ3v) is 2.86. The average Bonchev–Trinajstić information content (AvgIpc) is 2.35. The largest absolute Gasteiger partial charge is 0.506 e. The van der Waals surface area contributed by atoms with Crippen molar-refractivity contribution >= 4 is 28.7 Å². The molecular formula is C13H12ClN3O. The Bertz CT molecular complexity index is 558. The van der Waals surface area contributed by atoms with Crippen LogP contribution in [0.1, 0.15) is 5.56 Å². The van der Waals surface area contributed by atoms with E-state index < -0.39 is 0 Å². The van der Waals surface area contributed by atoms with Crippen LogP contribution in [-0.2, 0) is 0 Å². The lowest BCUT2D eigenvalue weighted by Crippen LogP contribution is -1.83. The van der Waals surface area contributed by atoms with Crippen molar-refractivity contribution in [2.24, 2.45) is 10.2 Å². The first-order chi connectivity index (χ1) is 8.56. The van der Waals surface area contributed by atoms with E-state index in [9.17, 15) is 5.11 Å². The minimum Gasteiger partial charge on any atom is -0.506 e. The Balaban J connectivity index is 2.24. The number of aryl methyl sites for hydroxylation is 1. The fourth-order valence-corrected chi connectivity index (χ4v) is 1.52. The van der Waals surface area contributed by atoms with Crippen LogP contribution in [-0.4, -0.2) is 5.11 Å². The van der Waals surface area contributed by atoms with Gasteiger partial charge in [0.2, 0.25) is 0 Å². The van der Waals surface area contributed by atoms with Gasteiger partial charge in [-0.2, -0.15) is 10.2 Å². The molecule has 2 aromatic carbocycles. The molecule has 0 radical (unpaired) electrons. The summed E-state index contributed by atoms with van der Waals surface area (Å²) in [5.74, 6) is -0.00117. The summed E-state index contributed by atoms with van der Waals surface area (Å²) in [6.45, 7) is 1.90. The molecule has 0 aliphatic carbocycles. The van der Waals surface area contributed by atoms with E-state index in [-0.39, 0.29) is 5.75 Å². The fraction of sp³-hybridized carbons (Fsp3) is 0.0769. The topological polar surface area (TPSA) is 71.0 Å². The van der Waals surface area contributed by atoms with Gasteiger partial charge in [-0.25, -0.2) is 0 Å². The lowest BCUT2D eigenvalue weighted by atomic mass is 10.2. The number of hydrogen-bond acceptors (Lipinski definition) is 4. The van der Waals surface area contributed by atoms with E-state index in [1.165, 1.54) is 6.07 Å². The summed E-state index contributed by atoms with van der Waals surface area (Å²) in [4.78, 5) is 0. The highest BCUT2D eigenvalue weighted by molar-refractivity contribution is 6.31. The van der Waals surface area contributed by atoms with Crippen molar-refractivity contribution in [1.29, 1.82) is 0 Å². The van der Waals surface area contributed by atoms with Crippen molar-refractivity contribution in [3.05, 3.63) is 47.0 Å². The summed E-state index contributed by atoms with van der Waals surface area (Å²) < 4.78 is 0. The SMILES string of the molecule is Cc1cc(N=Nc2ccc(N)c(O)c2)ccc1Cl. The summed E-state index contributed by atoms with van der Waals surface area (Å²) in [6, 6.07) is 10.1. The number of nitrogens with zero attached hydrogens (tertiary/aromatic N) is 2. The van der Waals surface area contributed by atoms with Gasteiger partial charge in [0.1, 0.15) is 5.75 Å². The molecule has 0 unspecified atom stereocenters. The molecule has 0 aromatic heterocycles. The summed E-state index contributed by atoms with van der Waals surface area (Å²) >= 11 is 5.92. The van der Waals surface area contributed by atoms with E-state index in [0.717, 1.165) is 5.56 Å². The molecule has 2 rings (SSSR count). The fourth-order valence-electron chi connectivity index (χ4n) is 1.40. The number of benzene rings is 2. The Morgan fingerprint density at radius 1 is 1.06 bits per heavy atom. The number of hydrogen-bond donors (Lipinski definition) is 2. The molecule has 0 amide bonds. The summed E-state index contributed by atoms with van der Waals surface area (Å²) in [7, 11) is 0. The molecule has 0 aliphatic rings. The van der Waals surface area contributed by atoms with Gasteiger partial charge in [0.15, 0.2) is 0 Å². The molecule has 0 atom stereocenters. The van der Waals surface area contributed by atoms with Crippen molar-refractivity contribution < 1.29 is 5.11 Å². The number of nitrogens with two attached hydrogens (primary N) is 1. The van der Waals surface area contributed by atoms with Gasteiger partial charge in [-0.1, -0.05) is 11.6 Å². The smallest absolute Gasteiger partial charge is 0.140 e. The van der Waals surface area contributed by atoms with E-state index in [1.54, 1.807) is 24.3 Å². The maximum absolute atomic E-state index is 9.43. The van der Waals surface area contributed by atoms with Gasteiger partial charge >= 0.3 is 0 Å². The zero-order chi connectivity index (χ0) is 13.1. The van der Waals surface area contributed by atoms with Gasteiger partial charge in [-0.3, -0.25) is 0 Å². The number of anilines is 1. The first-order valence-corrected chi connectivity index (χ1v) is 5.70. The van der Waals surface area contributed by atoms with E-state index in [2.05, 4.69) is 10.2 Å². The minimum absolute atomic E-state index is 0.00117. The van der Waals surface area contributed by atoms with E-state index in [0.29, 0.717) is 22.1 Å². The molecule has 0 saturated carbocycles. The van der Waals surface area contributed by atoms with Gasteiger partial charge in [0.05, 0.1) is 17.1 Å². The second kappa shape index (κ2) is 5.06. The number of rotatable bonds is 2. The predicted octanol–water partition coefficient (Wildman–Crippen LogP) is 4.35. The highest BCUT2D eigenvalue weighted by Gasteiger charge is 1.99. The molecule has 0 heterocycles. The first kappa shape index (κ1) is 12.4. The number of azo groups is 1. The third-order valence-electron chi connectivity index (χ3n) is 2.44. The quantitative estimate of drug-likeness (QED) is 0.479. The first-order valence-electron chi connectivity index (χ1n) is 5.32. The minimum atomic E-state index is -0.00117. The van der Waals surface area contributed by atoms with Crippen molar-refractivity contribution in [2.75, 3.05) is 5.73 Å². The molecular weight excluding hydrogens is 250 g/mol. The van der Waals surface area contributed by atoms with Crippen molar-refractivity contribution in [3.8, 4) is 5.75 Å². The molecule has 92 valence electrons. The van der Waals surface area contributed by atoms with Crippen LogP contribution in [0.4, 0.5) is 17.1 Å². The van der Waals surface area contributed by atoms with Gasteiger partial charge in [0.25, 0.3) is 0 Å². The van der Waals surface area contributed by atoms with Crippen LogP contribution in [0, 0.1) is 6.92 Å². The van der Waals surface area contributed by atoms with Gasteiger partial charge in [-0.05, 0) is 42.8 Å². The van der Waals surface area contributed by atoms with Crippen LogP contribution in [0.3, 0.4) is 0 Å². The molecule has 0 spiro atoms. The zero-order valence-electron chi connectivity index (χ0n) is 9.76. The Hall–Kier alpha value is -2.07. The Morgan fingerprint density at radius 3 is 2.28 bits per heavy atom. The molecule has 0 fully saturated rings. The van der Waals surface area contributed by atoms with Crippen LogP contribution in [0.15, 0.2) is 46.6 Å². The van der Waals surface area contributed by atoms with Crippen LogP contribution in [0.25, 0.3) is 0 Å². The number of phenols is 1. The standard InChI is InChI=1S/C13H12ClN3O/c1-8-6-9(2-4-11(8)14)16-17-10-3-5-12(15)13(18)7-10/h2-7,18H,15H2,1H3. The summed E-state index contributed by atoms with van der Waals surface area (Å²) in [6.07, 6.45) is 0. The number of phenolic OH excluding ortho intramolecular Hbond substituents is 1. The molecule has 2 aromatic rings. The maximum atomic E-state index is 9.43. The summed E-state index contributed by atoms with van der Waals surface area (Å²) in [5.41, 5.74) is 7.99. The Labute approximate surface area is 110 Å². The van der Waals surface area contributed by atoms with Gasteiger partial charge in [-0.15, -0.1) is 0 Å². The Morgan fingerprint density at radius 2 is 1.67 bits per heavy atom. The highest BCUT2D eigenvalue weighted by Crippen LogP contribution is 2.28. The number of halogens is 1. The molecule has 0 aliphatic heterocycles. The Kier molecular flexibility index (Phi) is 3.48.